The molecule has 10 heteroatoms. The minimum absolute atomic E-state index is 0.187. The highest BCUT2D eigenvalue weighted by Crippen LogP contribution is 2.30. The number of carbonyl (C=O) groups is 2. The number of halogens is 2. The first kappa shape index (κ1) is 23.9. The molecule has 1 saturated heterocycles. The lowest BCUT2D eigenvalue weighted by Crippen LogP contribution is -2.33. The summed E-state index contributed by atoms with van der Waals surface area (Å²) < 4.78 is 35.6. The minimum atomic E-state index is -1.26. The maximum atomic E-state index is 14.2. The molecule has 3 aromatic rings. The van der Waals surface area contributed by atoms with Crippen LogP contribution in [0.15, 0.2) is 54.6 Å². The lowest BCUT2D eigenvalue weighted by molar-refractivity contribution is -0.134. The Balaban J connectivity index is 0.000000331. The van der Waals surface area contributed by atoms with Gasteiger partial charge in [0.1, 0.15) is 5.69 Å². The Morgan fingerprint density at radius 3 is 2.36 bits per heavy atom. The van der Waals surface area contributed by atoms with Gasteiger partial charge in [0, 0.05) is 24.6 Å². The van der Waals surface area contributed by atoms with Crippen LogP contribution in [0.3, 0.4) is 0 Å². The zero-order chi connectivity index (χ0) is 23.8. The van der Waals surface area contributed by atoms with Crippen LogP contribution in [0.25, 0.3) is 16.6 Å². The highest BCUT2D eigenvalue weighted by atomic mass is 19.1. The first-order valence-corrected chi connectivity index (χ1v) is 10.3. The van der Waals surface area contributed by atoms with Crippen LogP contribution < -0.4 is 10.1 Å². The van der Waals surface area contributed by atoms with Gasteiger partial charge in [-0.3, -0.25) is 0 Å². The Hall–Kier alpha value is -3.79. The number of benzene rings is 2. The van der Waals surface area contributed by atoms with Gasteiger partial charge in [-0.15, -0.1) is 5.10 Å². The zero-order valence-electron chi connectivity index (χ0n) is 17.6. The van der Waals surface area contributed by atoms with Gasteiger partial charge in [0.25, 0.3) is 0 Å². The van der Waals surface area contributed by atoms with Crippen LogP contribution in [0.4, 0.5) is 8.78 Å². The van der Waals surface area contributed by atoms with Crippen LogP contribution in [0, 0.1) is 17.6 Å². The number of fused-ring (bicyclic) bond motifs is 1. The Morgan fingerprint density at radius 1 is 1.09 bits per heavy atom. The van der Waals surface area contributed by atoms with E-state index < -0.39 is 23.6 Å². The SMILES string of the molecule is Fc1cccc(F)c1-n1nc(OCC2CCCNC2)c2ccccc21.O=C(O)C=CC(=O)O. The molecule has 3 N–H and O–H groups in total. The fraction of sp³-hybridized carbons (Fsp3) is 0.261. The largest absolute Gasteiger partial charge is 0.478 e. The van der Waals surface area contributed by atoms with Gasteiger partial charge in [0.15, 0.2) is 11.6 Å². The second-order valence-corrected chi connectivity index (χ2v) is 7.34. The molecule has 0 amide bonds. The molecule has 2 heterocycles. The third-order valence-corrected chi connectivity index (χ3v) is 4.93. The van der Waals surface area contributed by atoms with Crippen molar-refractivity contribution in [1.29, 1.82) is 0 Å². The van der Waals surface area contributed by atoms with E-state index in [0.29, 0.717) is 36.1 Å². The molecule has 1 fully saturated rings. The van der Waals surface area contributed by atoms with Crippen molar-refractivity contribution in [3.05, 3.63) is 66.3 Å². The van der Waals surface area contributed by atoms with Gasteiger partial charge >= 0.3 is 11.9 Å². The third kappa shape index (κ3) is 6.36. The van der Waals surface area contributed by atoms with Gasteiger partial charge < -0.3 is 20.3 Å². The molecule has 1 aliphatic rings. The van der Waals surface area contributed by atoms with E-state index in [4.69, 9.17) is 14.9 Å². The maximum Gasteiger partial charge on any atom is 0.328 e. The van der Waals surface area contributed by atoms with E-state index in [-0.39, 0.29) is 5.69 Å². The highest BCUT2D eigenvalue weighted by molar-refractivity contribution is 5.89. The Labute approximate surface area is 188 Å². The number of para-hydroxylation sites is 2. The number of hydrogen-bond acceptors (Lipinski definition) is 5. The summed E-state index contributed by atoms with van der Waals surface area (Å²) >= 11 is 0. The predicted molar refractivity (Wildman–Crippen MR) is 116 cm³/mol. The molecule has 1 atom stereocenters. The molecule has 0 spiro atoms. The summed E-state index contributed by atoms with van der Waals surface area (Å²) in [5.74, 6) is -3.00. The Kier molecular flexibility index (Phi) is 8.09. The van der Waals surface area contributed by atoms with Gasteiger partial charge in [-0.2, -0.15) is 0 Å². The molecule has 1 unspecified atom stereocenters. The number of aromatic nitrogens is 2. The standard InChI is InChI=1S/C19H19F2N3O.C4H4O4/c20-15-7-3-8-16(21)18(15)24-17-9-2-1-6-14(17)19(23-24)25-12-13-5-4-10-22-11-13;5-3(6)1-2-4(7)8/h1-3,6-9,13,22H,4-5,10-12H2;1-2H,(H,5,6)(H,7,8). The van der Waals surface area contributed by atoms with Crippen molar-refractivity contribution in [3.8, 4) is 11.6 Å². The average molecular weight is 459 g/mol. The number of carboxylic acids is 2. The van der Waals surface area contributed by atoms with Crippen molar-refractivity contribution < 1.29 is 33.3 Å². The average Bonchev–Trinajstić information content (AvgIpc) is 3.16. The molecule has 1 aromatic heterocycles. The van der Waals surface area contributed by atoms with Crippen LogP contribution in [0.2, 0.25) is 0 Å². The van der Waals surface area contributed by atoms with Crippen LogP contribution in [0.1, 0.15) is 12.8 Å². The monoisotopic (exact) mass is 459 g/mol. The van der Waals surface area contributed by atoms with Crippen molar-refractivity contribution in [2.45, 2.75) is 12.8 Å². The molecule has 1 aliphatic heterocycles. The minimum Gasteiger partial charge on any atom is -0.478 e. The summed E-state index contributed by atoms with van der Waals surface area (Å²) in [6, 6.07) is 11.1. The second kappa shape index (κ2) is 11.2. The number of piperidine rings is 1. The van der Waals surface area contributed by atoms with Crippen LogP contribution in [-0.4, -0.2) is 51.6 Å². The first-order valence-electron chi connectivity index (χ1n) is 10.3. The number of hydrogen-bond donors (Lipinski definition) is 3. The number of carboxylic acid groups (broad SMARTS) is 2. The molecule has 8 nitrogen and oxygen atoms in total. The third-order valence-electron chi connectivity index (χ3n) is 4.93. The topological polar surface area (TPSA) is 114 Å². The molecular formula is C23H23F2N3O5. The molecule has 2 aromatic carbocycles. The molecule has 0 saturated carbocycles. The fourth-order valence-corrected chi connectivity index (χ4v) is 3.41. The van der Waals surface area contributed by atoms with Gasteiger partial charge in [0.2, 0.25) is 5.88 Å². The van der Waals surface area contributed by atoms with E-state index in [1.807, 2.05) is 18.2 Å². The molecule has 0 aliphatic carbocycles. The van der Waals surface area contributed by atoms with E-state index in [1.165, 1.54) is 22.9 Å². The van der Waals surface area contributed by atoms with Gasteiger partial charge in [-0.25, -0.2) is 23.1 Å². The summed E-state index contributed by atoms with van der Waals surface area (Å²) in [5, 5.41) is 24.1. The normalized spacial score (nSPS) is 15.8. The van der Waals surface area contributed by atoms with Gasteiger partial charge in [0.05, 0.1) is 17.5 Å². The molecular weight excluding hydrogens is 436 g/mol. The highest BCUT2D eigenvalue weighted by Gasteiger charge is 2.20. The summed E-state index contributed by atoms with van der Waals surface area (Å²) in [5.41, 5.74) is 0.427. The number of rotatable bonds is 6. The fourth-order valence-electron chi connectivity index (χ4n) is 3.41. The second-order valence-electron chi connectivity index (χ2n) is 7.34. The van der Waals surface area contributed by atoms with E-state index >= 15 is 0 Å². The number of nitrogens with zero attached hydrogens (tertiary/aromatic N) is 2. The number of ether oxygens (including phenoxy) is 1. The maximum absolute atomic E-state index is 14.2. The quantitative estimate of drug-likeness (QED) is 0.484. The van der Waals surface area contributed by atoms with Crippen molar-refractivity contribution in [1.82, 2.24) is 15.1 Å². The van der Waals surface area contributed by atoms with E-state index in [9.17, 15) is 18.4 Å². The first-order chi connectivity index (χ1) is 15.9. The van der Waals surface area contributed by atoms with E-state index in [0.717, 1.165) is 31.3 Å². The molecule has 174 valence electrons. The predicted octanol–water partition coefficient (Wildman–Crippen LogP) is 3.39. The summed E-state index contributed by atoms with van der Waals surface area (Å²) in [6.07, 6.45) is 3.35. The van der Waals surface area contributed by atoms with Crippen LogP contribution in [0.5, 0.6) is 5.88 Å². The summed E-state index contributed by atoms with van der Waals surface area (Å²) in [7, 11) is 0. The van der Waals surface area contributed by atoms with Crippen LogP contribution in [-0.2, 0) is 9.59 Å². The zero-order valence-corrected chi connectivity index (χ0v) is 17.6. The van der Waals surface area contributed by atoms with Crippen molar-refractivity contribution in [3.63, 3.8) is 0 Å². The summed E-state index contributed by atoms with van der Waals surface area (Å²) in [6.45, 7) is 2.50. The molecule has 0 bridgehead atoms. The summed E-state index contributed by atoms with van der Waals surface area (Å²) in [4.78, 5) is 19.1. The molecule has 4 rings (SSSR count). The van der Waals surface area contributed by atoms with E-state index in [1.54, 1.807) is 6.07 Å². The number of aliphatic carboxylic acids is 2. The van der Waals surface area contributed by atoms with Gasteiger partial charge in [-0.1, -0.05) is 18.2 Å². The lowest BCUT2D eigenvalue weighted by atomic mass is 10.0. The Morgan fingerprint density at radius 2 is 1.76 bits per heavy atom. The van der Waals surface area contributed by atoms with Crippen LogP contribution >= 0.6 is 0 Å². The number of nitrogens with one attached hydrogen (secondary N) is 1. The van der Waals surface area contributed by atoms with E-state index in [2.05, 4.69) is 10.4 Å². The molecule has 0 radical (unpaired) electrons. The smallest absolute Gasteiger partial charge is 0.328 e. The van der Waals surface area contributed by atoms with Crippen molar-refractivity contribution in [2.24, 2.45) is 5.92 Å². The van der Waals surface area contributed by atoms with Crippen molar-refractivity contribution in [2.75, 3.05) is 19.7 Å². The van der Waals surface area contributed by atoms with Gasteiger partial charge in [-0.05, 0) is 43.7 Å². The van der Waals surface area contributed by atoms with Crippen molar-refractivity contribution >= 4 is 22.8 Å². The lowest BCUT2D eigenvalue weighted by Gasteiger charge is -2.22. The Bertz CT molecular complexity index is 1120. The molecule has 33 heavy (non-hydrogen) atoms.